The van der Waals surface area contributed by atoms with Crippen LogP contribution in [0, 0.1) is 6.92 Å². The Balaban J connectivity index is 2.09. The molecule has 0 spiro atoms. The highest BCUT2D eigenvalue weighted by atomic mass is 16.2. The zero-order valence-corrected chi connectivity index (χ0v) is 9.58. The molecule has 1 fully saturated rings. The zero-order valence-electron chi connectivity index (χ0n) is 9.58. The van der Waals surface area contributed by atoms with Crippen LogP contribution in [0.1, 0.15) is 24.2 Å². The van der Waals surface area contributed by atoms with Crippen LogP contribution in [0.15, 0.2) is 18.2 Å². The molecular formula is C12H14N4O. The molecule has 88 valence electrons. The van der Waals surface area contributed by atoms with Gasteiger partial charge in [0, 0.05) is 0 Å². The maximum atomic E-state index is 11.8. The summed E-state index contributed by atoms with van der Waals surface area (Å²) in [4.78, 5) is 19.3. The lowest BCUT2D eigenvalue weighted by atomic mass is 9.95. The van der Waals surface area contributed by atoms with Crippen LogP contribution in [0.4, 0.5) is 0 Å². The summed E-state index contributed by atoms with van der Waals surface area (Å²) >= 11 is 0. The zero-order chi connectivity index (χ0) is 12.0. The average Bonchev–Trinajstić information content (AvgIpc) is 3.04. The normalized spacial score (nSPS) is 17.1. The highest BCUT2D eigenvalue weighted by Crippen LogP contribution is 2.48. The monoisotopic (exact) mass is 230 g/mol. The number of nitrogens with one attached hydrogen (secondary N) is 2. The first kappa shape index (κ1) is 10.3. The molecule has 3 rings (SSSR count). The number of aryl methyl sites for hydroxylation is 1. The first-order valence-corrected chi connectivity index (χ1v) is 5.64. The van der Waals surface area contributed by atoms with Crippen LogP contribution in [-0.4, -0.2) is 15.9 Å². The third-order valence-corrected chi connectivity index (χ3v) is 3.47. The average molecular weight is 230 g/mol. The highest BCUT2D eigenvalue weighted by molar-refractivity contribution is 5.92. The molecule has 17 heavy (non-hydrogen) atoms. The molecule has 1 saturated carbocycles. The van der Waals surface area contributed by atoms with E-state index in [1.807, 2.05) is 25.1 Å². The van der Waals surface area contributed by atoms with Crippen molar-refractivity contribution >= 4 is 16.9 Å². The van der Waals surface area contributed by atoms with Gasteiger partial charge in [-0.3, -0.25) is 10.2 Å². The minimum Gasteiger partial charge on any atom is -0.342 e. The van der Waals surface area contributed by atoms with Gasteiger partial charge in [-0.15, -0.1) is 0 Å². The number of aromatic amines is 1. The van der Waals surface area contributed by atoms with E-state index < -0.39 is 5.41 Å². The second-order valence-corrected chi connectivity index (χ2v) is 4.61. The summed E-state index contributed by atoms with van der Waals surface area (Å²) in [5.41, 5.74) is 4.75. The van der Waals surface area contributed by atoms with E-state index >= 15 is 0 Å². The van der Waals surface area contributed by atoms with E-state index in [4.69, 9.17) is 5.84 Å². The summed E-state index contributed by atoms with van der Waals surface area (Å²) < 4.78 is 0. The van der Waals surface area contributed by atoms with Crippen LogP contribution < -0.4 is 11.3 Å². The van der Waals surface area contributed by atoms with Crippen molar-refractivity contribution in [3.8, 4) is 0 Å². The maximum absolute atomic E-state index is 11.8. The number of rotatable bonds is 2. The van der Waals surface area contributed by atoms with Gasteiger partial charge in [-0.25, -0.2) is 10.8 Å². The van der Waals surface area contributed by atoms with Crippen LogP contribution in [0.2, 0.25) is 0 Å². The number of H-pyrrole nitrogens is 1. The Bertz CT molecular complexity index is 598. The predicted octanol–water partition coefficient (Wildman–Crippen LogP) is 0.893. The summed E-state index contributed by atoms with van der Waals surface area (Å²) in [6, 6.07) is 5.90. The van der Waals surface area contributed by atoms with Crippen molar-refractivity contribution in [3.05, 3.63) is 29.6 Å². The molecule has 0 saturated heterocycles. The van der Waals surface area contributed by atoms with Gasteiger partial charge >= 0.3 is 0 Å². The Labute approximate surface area is 98.4 Å². The van der Waals surface area contributed by atoms with Gasteiger partial charge in [0.15, 0.2) is 0 Å². The summed E-state index contributed by atoms with van der Waals surface area (Å²) in [5, 5.41) is 0. The second-order valence-electron chi connectivity index (χ2n) is 4.61. The summed E-state index contributed by atoms with van der Waals surface area (Å²) in [6.45, 7) is 1.92. The molecule has 1 amide bonds. The molecule has 5 nitrogen and oxygen atoms in total. The molecule has 0 aliphatic heterocycles. The van der Waals surface area contributed by atoms with E-state index in [-0.39, 0.29) is 5.91 Å². The lowest BCUT2D eigenvalue weighted by Crippen LogP contribution is -2.39. The molecule has 1 heterocycles. The highest BCUT2D eigenvalue weighted by Gasteiger charge is 2.51. The van der Waals surface area contributed by atoms with Crippen LogP contribution in [0.25, 0.3) is 11.0 Å². The van der Waals surface area contributed by atoms with Crippen molar-refractivity contribution in [2.75, 3.05) is 0 Å². The van der Waals surface area contributed by atoms with E-state index in [1.165, 1.54) is 0 Å². The first-order valence-electron chi connectivity index (χ1n) is 5.64. The SMILES string of the molecule is Cc1nc2ccc(C3(C(=O)NN)CC3)cc2[nH]1. The second kappa shape index (κ2) is 3.30. The van der Waals surface area contributed by atoms with Gasteiger partial charge in [-0.2, -0.15) is 0 Å². The van der Waals surface area contributed by atoms with E-state index in [0.717, 1.165) is 35.3 Å². The van der Waals surface area contributed by atoms with Gasteiger partial charge in [0.1, 0.15) is 5.82 Å². The van der Waals surface area contributed by atoms with Gasteiger partial charge < -0.3 is 4.98 Å². The molecule has 1 aromatic heterocycles. The van der Waals surface area contributed by atoms with Crippen LogP contribution in [0.3, 0.4) is 0 Å². The molecular weight excluding hydrogens is 216 g/mol. The Morgan fingerprint density at radius 1 is 1.53 bits per heavy atom. The minimum absolute atomic E-state index is 0.104. The molecule has 1 aliphatic carbocycles. The summed E-state index contributed by atoms with van der Waals surface area (Å²) in [7, 11) is 0. The third kappa shape index (κ3) is 1.43. The molecule has 2 aromatic rings. The number of nitrogens with zero attached hydrogens (tertiary/aromatic N) is 1. The van der Waals surface area contributed by atoms with Crippen LogP contribution in [-0.2, 0) is 10.2 Å². The van der Waals surface area contributed by atoms with Crippen LogP contribution >= 0.6 is 0 Å². The number of hydrazine groups is 1. The smallest absolute Gasteiger partial charge is 0.244 e. The van der Waals surface area contributed by atoms with Gasteiger partial charge in [0.05, 0.1) is 16.4 Å². The number of amides is 1. The van der Waals surface area contributed by atoms with Crippen molar-refractivity contribution in [1.29, 1.82) is 0 Å². The fourth-order valence-electron chi connectivity index (χ4n) is 2.34. The first-order chi connectivity index (χ1) is 8.15. The Kier molecular flexibility index (Phi) is 2.00. The van der Waals surface area contributed by atoms with E-state index in [9.17, 15) is 4.79 Å². The van der Waals surface area contributed by atoms with Crippen molar-refractivity contribution in [2.45, 2.75) is 25.2 Å². The minimum atomic E-state index is -0.415. The van der Waals surface area contributed by atoms with Crippen molar-refractivity contribution < 1.29 is 4.79 Å². The fraction of sp³-hybridized carbons (Fsp3) is 0.333. The van der Waals surface area contributed by atoms with Crippen LogP contribution in [0.5, 0.6) is 0 Å². The van der Waals surface area contributed by atoms with Gasteiger partial charge in [0.25, 0.3) is 0 Å². The molecule has 4 N–H and O–H groups in total. The lowest BCUT2D eigenvalue weighted by molar-refractivity contribution is -0.123. The number of benzene rings is 1. The quantitative estimate of drug-likeness (QED) is 0.407. The van der Waals surface area contributed by atoms with Gasteiger partial charge in [-0.05, 0) is 37.5 Å². The number of fused-ring (bicyclic) bond motifs is 1. The lowest BCUT2D eigenvalue weighted by Gasteiger charge is -2.13. The molecule has 0 atom stereocenters. The van der Waals surface area contributed by atoms with Crippen molar-refractivity contribution in [1.82, 2.24) is 15.4 Å². The topological polar surface area (TPSA) is 83.8 Å². The fourth-order valence-corrected chi connectivity index (χ4v) is 2.34. The van der Waals surface area contributed by atoms with E-state index in [0.29, 0.717) is 0 Å². The molecule has 5 heteroatoms. The molecule has 0 unspecified atom stereocenters. The predicted molar refractivity (Wildman–Crippen MR) is 64.1 cm³/mol. The van der Waals surface area contributed by atoms with E-state index in [1.54, 1.807) is 0 Å². The van der Waals surface area contributed by atoms with Gasteiger partial charge in [-0.1, -0.05) is 6.07 Å². The summed E-state index contributed by atoms with van der Waals surface area (Å²) in [6.07, 6.45) is 1.71. The Morgan fingerprint density at radius 3 is 2.94 bits per heavy atom. The molecule has 0 radical (unpaired) electrons. The van der Waals surface area contributed by atoms with Gasteiger partial charge in [0.2, 0.25) is 5.91 Å². The number of carbonyl (C=O) groups is 1. The summed E-state index contributed by atoms with van der Waals surface area (Å²) in [5.74, 6) is 6.01. The maximum Gasteiger partial charge on any atom is 0.244 e. The standard InChI is InChI=1S/C12H14N4O/c1-7-14-9-3-2-8(6-10(9)15-7)12(4-5-12)11(17)16-13/h2-3,6H,4-5,13H2,1H3,(H,14,15)(H,16,17). The third-order valence-electron chi connectivity index (χ3n) is 3.47. The van der Waals surface area contributed by atoms with Crippen molar-refractivity contribution in [2.24, 2.45) is 5.84 Å². The molecule has 0 bridgehead atoms. The number of carbonyl (C=O) groups excluding carboxylic acids is 1. The number of imidazole rings is 1. The Hall–Kier alpha value is -1.88. The number of hydrogen-bond acceptors (Lipinski definition) is 3. The number of hydrogen-bond donors (Lipinski definition) is 3. The number of aromatic nitrogens is 2. The Morgan fingerprint density at radius 2 is 2.29 bits per heavy atom. The molecule has 1 aromatic carbocycles. The largest absolute Gasteiger partial charge is 0.342 e. The molecule has 1 aliphatic rings. The van der Waals surface area contributed by atoms with E-state index in [2.05, 4.69) is 15.4 Å². The van der Waals surface area contributed by atoms with Crippen molar-refractivity contribution in [3.63, 3.8) is 0 Å². The number of nitrogens with two attached hydrogens (primary N) is 1.